The first-order valence-electron chi connectivity index (χ1n) is 11.1. The smallest absolute Gasteiger partial charge is 0.246 e. The molecule has 0 atom stereocenters. The zero-order valence-electron chi connectivity index (χ0n) is 19.6. The van der Waals surface area contributed by atoms with Crippen LogP contribution in [-0.2, 0) is 4.79 Å². The average molecular weight is 455 g/mol. The van der Waals surface area contributed by atoms with Crippen LogP contribution in [0.2, 0.25) is 0 Å². The van der Waals surface area contributed by atoms with Crippen LogP contribution in [0.3, 0.4) is 0 Å². The summed E-state index contributed by atoms with van der Waals surface area (Å²) in [4.78, 5) is 27.7. The second-order valence-electron chi connectivity index (χ2n) is 8.48. The summed E-state index contributed by atoms with van der Waals surface area (Å²) in [5.41, 5.74) is 1.64. The van der Waals surface area contributed by atoms with E-state index in [1.165, 1.54) is 13.0 Å². The molecule has 0 bridgehead atoms. The molecule has 0 unspecified atom stereocenters. The fourth-order valence-electron chi connectivity index (χ4n) is 3.59. The van der Waals surface area contributed by atoms with E-state index in [0.29, 0.717) is 61.5 Å². The van der Waals surface area contributed by atoms with Crippen LogP contribution in [0, 0.1) is 11.7 Å². The summed E-state index contributed by atoms with van der Waals surface area (Å²) in [6, 6.07) is 10.1. The second-order valence-corrected chi connectivity index (χ2v) is 8.48. The molecule has 0 radical (unpaired) electrons. The van der Waals surface area contributed by atoms with Crippen LogP contribution in [0.25, 0.3) is 6.08 Å². The third-order valence-corrected chi connectivity index (χ3v) is 5.46. The number of hydrogen-bond acceptors (Lipinski definition) is 5. The molecule has 0 spiro atoms. The zero-order chi connectivity index (χ0) is 24.0. The molecule has 6 nitrogen and oxygen atoms in total. The molecule has 1 aliphatic heterocycles. The minimum absolute atomic E-state index is 0.0962. The number of Topliss-reactive ketones (excluding diaryl/α,β-unsaturated/α-hetero) is 1. The number of methoxy groups -OCH3 is 1. The van der Waals surface area contributed by atoms with E-state index >= 15 is 0 Å². The Morgan fingerprint density at radius 2 is 1.79 bits per heavy atom. The molecule has 1 heterocycles. The van der Waals surface area contributed by atoms with Gasteiger partial charge in [0.1, 0.15) is 5.82 Å². The van der Waals surface area contributed by atoms with Crippen molar-refractivity contribution in [2.75, 3.05) is 44.8 Å². The summed E-state index contributed by atoms with van der Waals surface area (Å²) in [6.45, 7) is 8.19. The van der Waals surface area contributed by atoms with Gasteiger partial charge in [-0.2, -0.15) is 0 Å². The van der Waals surface area contributed by atoms with E-state index in [0.717, 1.165) is 5.56 Å². The van der Waals surface area contributed by atoms with Gasteiger partial charge in [-0.05, 0) is 54.8 Å². The first kappa shape index (κ1) is 24.3. The molecule has 7 heteroatoms. The number of anilines is 1. The predicted octanol–water partition coefficient (Wildman–Crippen LogP) is 4.43. The lowest BCUT2D eigenvalue weighted by Crippen LogP contribution is -2.48. The highest BCUT2D eigenvalue weighted by atomic mass is 19.1. The number of carbonyl (C=O) groups excluding carboxylic acids is 2. The highest BCUT2D eigenvalue weighted by molar-refractivity contribution is 5.94. The molecule has 2 aromatic rings. The molecule has 0 saturated carbocycles. The molecule has 0 aliphatic carbocycles. The number of piperazine rings is 1. The summed E-state index contributed by atoms with van der Waals surface area (Å²) < 4.78 is 25.6. The number of nitrogens with zero attached hydrogens (tertiary/aromatic N) is 2. The minimum Gasteiger partial charge on any atom is -0.493 e. The maximum absolute atomic E-state index is 14.4. The maximum Gasteiger partial charge on any atom is 0.246 e. The highest BCUT2D eigenvalue weighted by Gasteiger charge is 2.22. The standard InChI is InChI=1S/C26H31FN2O4/c1-18(2)17-33-24-9-5-20(15-25(24)32-4)6-10-26(31)29-13-11-28(12-14-29)23-8-7-21(19(3)30)16-22(23)27/h5-10,15-16,18H,11-14,17H2,1-4H3/b10-6+. The summed E-state index contributed by atoms with van der Waals surface area (Å²) in [5, 5.41) is 0. The van der Waals surface area contributed by atoms with Gasteiger partial charge in [-0.1, -0.05) is 19.9 Å². The third kappa shape index (κ3) is 6.34. The summed E-state index contributed by atoms with van der Waals surface area (Å²) in [5.74, 6) is 1.02. The zero-order valence-corrected chi connectivity index (χ0v) is 19.6. The van der Waals surface area contributed by atoms with Gasteiger partial charge in [-0.25, -0.2) is 4.39 Å². The van der Waals surface area contributed by atoms with Gasteiger partial charge in [-0.3, -0.25) is 9.59 Å². The van der Waals surface area contributed by atoms with Gasteiger partial charge in [0.05, 0.1) is 19.4 Å². The lowest BCUT2D eigenvalue weighted by molar-refractivity contribution is -0.126. The lowest BCUT2D eigenvalue weighted by Gasteiger charge is -2.35. The van der Waals surface area contributed by atoms with Crippen molar-refractivity contribution in [1.29, 1.82) is 0 Å². The summed E-state index contributed by atoms with van der Waals surface area (Å²) in [7, 11) is 1.59. The van der Waals surface area contributed by atoms with Gasteiger partial charge >= 0.3 is 0 Å². The first-order valence-corrected chi connectivity index (χ1v) is 11.1. The molecule has 33 heavy (non-hydrogen) atoms. The van der Waals surface area contributed by atoms with Crippen LogP contribution in [0.5, 0.6) is 11.5 Å². The van der Waals surface area contributed by atoms with Crippen molar-refractivity contribution in [1.82, 2.24) is 4.90 Å². The van der Waals surface area contributed by atoms with Crippen molar-refractivity contribution in [3.05, 3.63) is 59.4 Å². The minimum atomic E-state index is -0.419. The fraction of sp³-hybridized carbons (Fsp3) is 0.385. The molecule has 1 fully saturated rings. The molecular formula is C26H31FN2O4. The fourth-order valence-corrected chi connectivity index (χ4v) is 3.59. The number of ether oxygens (including phenoxy) is 2. The van der Waals surface area contributed by atoms with Crippen molar-refractivity contribution in [3.8, 4) is 11.5 Å². The van der Waals surface area contributed by atoms with Crippen LogP contribution >= 0.6 is 0 Å². The van der Waals surface area contributed by atoms with Crippen LogP contribution in [-0.4, -0.2) is 56.5 Å². The molecule has 0 N–H and O–H groups in total. The Bertz CT molecular complexity index is 1030. The normalized spacial score (nSPS) is 14.1. The van der Waals surface area contributed by atoms with Crippen molar-refractivity contribution in [2.24, 2.45) is 5.92 Å². The second kappa shape index (κ2) is 11.0. The maximum atomic E-state index is 14.4. The largest absolute Gasteiger partial charge is 0.493 e. The molecule has 2 aromatic carbocycles. The highest BCUT2D eigenvalue weighted by Crippen LogP contribution is 2.29. The van der Waals surface area contributed by atoms with Gasteiger partial charge < -0.3 is 19.3 Å². The van der Waals surface area contributed by atoms with Gasteiger partial charge in [0.15, 0.2) is 17.3 Å². The van der Waals surface area contributed by atoms with Crippen LogP contribution in [0.1, 0.15) is 36.7 Å². The third-order valence-electron chi connectivity index (χ3n) is 5.46. The Morgan fingerprint density at radius 3 is 2.39 bits per heavy atom. The van der Waals surface area contributed by atoms with Crippen molar-refractivity contribution < 1.29 is 23.5 Å². The van der Waals surface area contributed by atoms with Gasteiger partial charge in [-0.15, -0.1) is 0 Å². The van der Waals surface area contributed by atoms with Gasteiger partial charge in [0.25, 0.3) is 0 Å². The van der Waals surface area contributed by atoms with E-state index in [9.17, 15) is 14.0 Å². The van der Waals surface area contributed by atoms with Crippen LogP contribution < -0.4 is 14.4 Å². The average Bonchev–Trinajstić information content (AvgIpc) is 2.81. The van der Waals surface area contributed by atoms with Gasteiger partial charge in [0, 0.05) is 37.8 Å². The van der Waals surface area contributed by atoms with Crippen molar-refractivity contribution in [2.45, 2.75) is 20.8 Å². The topological polar surface area (TPSA) is 59.1 Å². The Morgan fingerprint density at radius 1 is 1.06 bits per heavy atom. The molecular weight excluding hydrogens is 423 g/mol. The van der Waals surface area contributed by atoms with E-state index in [4.69, 9.17) is 9.47 Å². The predicted molar refractivity (Wildman–Crippen MR) is 128 cm³/mol. The molecule has 3 rings (SSSR count). The number of rotatable bonds is 8. The van der Waals surface area contributed by atoms with E-state index in [2.05, 4.69) is 13.8 Å². The number of ketones is 1. The lowest BCUT2D eigenvalue weighted by atomic mass is 10.1. The van der Waals surface area contributed by atoms with Crippen LogP contribution in [0.4, 0.5) is 10.1 Å². The van der Waals surface area contributed by atoms with E-state index in [-0.39, 0.29) is 11.7 Å². The van der Waals surface area contributed by atoms with Crippen LogP contribution in [0.15, 0.2) is 42.5 Å². The first-order chi connectivity index (χ1) is 15.8. The number of halogens is 1. The Labute approximate surface area is 194 Å². The number of hydrogen-bond donors (Lipinski definition) is 0. The van der Waals surface area contributed by atoms with Gasteiger partial charge in [0.2, 0.25) is 5.91 Å². The SMILES string of the molecule is COc1cc(/C=C/C(=O)N2CCN(c3ccc(C(C)=O)cc3F)CC2)ccc1OCC(C)C. The number of carbonyl (C=O) groups is 2. The van der Waals surface area contributed by atoms with E-state index in [1.54, 1.807) is 36.3 Å². The summed E-state index contributed by atoms with van der Waals surface area (Å²) >= 11 is 0. The number of amides is 1. The quantitative estimate of drug-likeness (QED) is 0.436. The molecule has 176 valence electrons. The molecule has 1 aliphatic rings. The molecule has 1 saturated heterocycles. The monoisotopic (exact) mass is 454 g/mol. The Hall–Kier alpha value is -3.35. The molecule has 1 amide bonds. The Balaban J connectivity index is 1.58. The summed E-state index contributed by atoms with van der Waals surface area (Å²) in [6.07, 6.45) is 3.30. The number of benzene rings is 2. The Kier molecular flexibility index (Phi) is 8.09. The van der Waals surface area contributed by atoms with Crippen molar-refractivity contribution in [3.63, 3.8) is 0 Å². The van der Waals surface area contributed by atoms with E-state index in [1.807, 2.05) is 23.1 Å². The molecule has 0 aromatic heterocycles. The van der Waals surface area contributed by atoms with E-state index < -0.39 is 5.82 Å². The van der Waals surface area contributed by atoms with Crippen molar-refractivity contribution >= 4 is 23.5 Å².